The predicted octanol–water partition coefficient (Wildman–Crippen LogP) is 1.76. The van der Waals surface area contributed by atoms with Gasteiger partial charge in [-0.05, 0) is 37.5 Å². The van der Waals surface area contributed by atoms with E-state index < -0.39 is 0 Å². The van der Waals surface area contributed by atoms with Gasteiger partial charge in [-0.3, -0.25) is 9.48 Å². The lowest BCUT2D eigenvalue weighted by Gasteiger charge is -2.19. The number of aryl methyl sites for hydroxylation is 1. The second-order valence-corrected chi connectivity index (χ2v) is 5.95. The molecule has 1 atom stereocenters. The molecule has 0 saturated heterocycles. The molecule has 0 spiro atoms. The molecular formula is C17H22N4O. The first-order chi connectivity index (χ1) is 10.6. The number of anilines is 1. The molecule has 22 heavy (non-hydrogen) atoms. The summed E-state index contributed by atoms with van der Waals surface area (Å²) < 4.78 is 1.91. The monoisotopic (exact) mass is 298 g/mol. The Hall–Kier alpha value is -2.14. The maximum Gasteiger partial charge on any atom is 0.240 e. The zero-order valence-corrected chi connectivity index (χ0v) is 13.1. The minimum Gasteiger partial charge on any atom is -0.311 e. The lowest BCUT2D eigenvalue weighted by molar-refractivity contribution is -0.117. The van der Waals surface area contributed by atoms with Crippen molar-refractivity contribution in [2.24, 2.45) is 0 Å². The van der Waals surface area contributed by atoms with Gasteiger partial charge in [0.2, 0.25) is 5.91 Å². The smallest absolute Gasteiger partial charge is 0.240 e. The van der Waals surface area contributed by atoms with Crippen LogP contribution in [-0.2, 0) is 17.8 Å². The summed E-state index contributed by atoms with van der Waals surface area (Å²) in [6.45, 7) is 6.00. The molecule has 1 aliphatic rings. The minimum absolute atomic E-state index is 0.133. The van der Waals surface area contributed by atoms with Gasteiger partial charge in [-0.25, -0.2) is 0 Å². The van der Waals surface area contributed by atoms with Gasteiger partial charge >= 0.3 is 0 Å². The first-order valence-electron chi connectivity index (χ1n) is 7.74. The molecule has 0 bridgehead atoms. The average molecular weight is 298 g/mol. The number of amides is 1. The van der Waals surface area contributed by atoms with Crippen molar-refractivity contribution < 1.29 is 4.79 Å². The Balaban J connectivity index is 1.52. The second kappa shape index (κ2) is 6.32. The third-order valence-electron chi connectivity index (χ3n) is 4.01. The third-order valence-corrected chi connectivity index (χ3v) is 4.01. The highest BCUT2D eigenvalue weighted by molar-refractivity contribution is 5.96. The van der Waals surface area contributed by atoms with Crippen LogP contribution in [0.1, 0.15) is 18.1 Å². The van der Waals surface area contributed by atoms with Gasteiger partial charge in [-0.2, -0.15) is 5.10 Å². The summed E-state index contributed by atoms with van der Waals surface area (Å²) in [6, 6.07) is 8.33. The lowest BCUT2D eigenvalue weighted by Crippen LogP contribution is -2.41. The van der Waals surface area contributed by atoms with Gasteiger partial charge in [0.1, 0.15) is 0 Å². The number of nitrogens with one attached hydrogen (secondary N) is 1. The number of aromatic nitrogens is 2. The van der Waals surface area contributed by atoms with Gasteiger partial charge in [0.05, 0.1) is 19.3 Å². The molecule has 1 aliphatic heterocycles. The largest absolute Gasteiger partial charge is 0.311 e. The Bertz CT molecular complexity index is 664. The summed E-state index contributed by atoms with van der Waals surface area (Å²) in [5.41, 5.74) is 3.47. The van der Waals surface area contributed by atoms with Crippen LogP contribution in [0.2, 0.25) is 0 Å². The van der Waals surface area contributed by atoms with E-state index >= 15 is 0 Å². The summed E-state index contributed by atoms with van der Waals surface area (Å²) in [7, 11) is 0. The number of carbonyl (C=O) groups excluding carboxylic acids is 1. The Morgan fingerprint density at radius 3 is 3.00 bits per heavy atom. The molecule has 0 unspecified atom stereocenters. The number of hydrogen-bond acceptors (Lipinski definition) is 3. The van der Waals surface area contributed by atoms with E-state index in [0.717, 1.165) is 30.8 Å². The van der Waals surface area contributed by atoms with Crippen LogP contribution in [0.25, 0.3) is 0 Å². The molecule has 3 rings (SSSR count). The van der Waals surface area contributed by atoms with Crippen molar-refractivity contribution in [3.05, 3.63) is 47.8 Å². The predicted molar refractivity (Wildman–Crippen MR) is 86.9 cm³/mol. The van der Waals surface area contributed by atoms with Crippen LogP contribution < -0.4 is 10.2 Å². The van der Waals surface area contributed by atoms with E-state index in [4.69, 9.17) is 0 Å². The first-order valence-corrected chi connectivity index (χ1v) is 7.74. The third kappa shape index (κ3) is 3.20. The van der Waals surface area contributed by atoms with Crippen molar-refractivity contribution >= 4 is 11.6 Å². The van der Waals surface area contributed by atoms with E-state index in [1.54, 1.807) is 0 Å². The number of fused-ring (bicyclic) bond motifs is 1. The Morgan fingerprint density at radius 2 is 2.23 bits per heavy atom. The topological polar surface area (TPSA) is 50.2 Å². The summed E-state index contributed by atoms with van der Waals surface area (Å²) in [4.78, 5) is 14.3. The van der Waals surface area contributed by atoms with E-state index in [-0.39, 0.29) is 11.9 Å². The number of hydrogen-bond donors (Lipinski definition) is 1. The van der Waals surface area contributed by atoms with Crippen LogP contribution in [-0.4, -0.2) is 34.8 Å². The van der Waals surface area contributed by atoms with Crippen LogP contribution in [0.4, 0.5) is 5.69 Å². The van der Waals surface area contributed by atoms with Crippen molar-refractivity contribution in [3.8, 4) is 0 Å². The van der Waals surface area contributed by atoms with Crippen molar-refractivity contribution in [1.82, 2.24) is 15.1 Å². The number of nitrogens with zero attached hydrogens (tertiary/aromatic N) is 3. The zero-order chi connectivity index (χ0) is 15.5. The molecule has 116 valence electrons. The Kier molecular flexibility index (Phi) is 4.24. The number of carbonyl (C=O) groups is 1. The molecule has 2 aromatic rings. The molecule has 5 nitrogen and oxygen atoms in total. The fraction of sp³-hybridized carbons (Fsp3) is 0.412. The van der Waals surface area contributed by atoms with Gasteiger partial charge < -0.3 is 10.2 Å². The molecule has 1 aromatic carbocycles. The van der Waals surface area contributed by atoms with Gasteiger partial charge in [-0.1, -0.05) is 18.2 Å². The molecule has 1 amide bonds. The highest BCUT2D eigenvalue weighted by Gasteiger charge is 2.23. The molecule has 2 heterocycles. The standard InChI is InChI=1S/C17H22N4O/c1-13-9-19-20(11-13)12-14(2)18-10-17(22)21-8-7-15-5-3-4-6-16(15)21/h3-6,9,11,14,18H,7-8,10,12H2,1-2H3/t14-/m1/s1. The first kappa shape index (κ1) is 14.8. The SMILES string of the molecule is Cc1cnn(C[C@@H](C)NCC(=O)N2CCc3ccccc32)c1. The normalized spacial score (nSPS) is 14.9. The van der Waals surface area contributed by atoms with Crippen LogP contribution in [0.3, 0.4) is 0 Å². The summed E-state index contributed by atoms with van der Waals surface area (Å²) >= 11 is 0. The number of rotatable bonds is 5. The van der Waals surface area contributed by atoms with E-state index in [9.17, 15) is 4.79 Å². The van der Waals surface area contributed by atoms with E-state index in [0.29, 0.717) is 6.54 Å². The highest BCUT2D eigenvalue weighted by atomic mass is 16.2. The highest BCUT2D eigenvalue weighted by Crippen LogP contribution is 2.27. The van der Waals surface area contributed by atoms with E-state index in [1.165, 1.54) is 5.56 Å². The summed E-state index contributed by atoms with van der Waals surface area (Å²) in [5, 5.41) is 7.57. The zero-order valence-electron chi connectivity index (χ0n) is 13.1. The summed E-state index contributed by atoms with van der Waals surface area (Å²) in [6.07, 6.45) is 4.81. The van der Waals surface area contributed by atoms with Gasteiger partial charge in [0, 0.05) is 24.5 Å². The molecule has 0 fully saturated rings. The fourth-order valence-corrected chi connectivity index (χ4v) is 2.87. The molecule has 5 heteroatoms. The molecule has 0 saturated carbocycles. The maximum atomic E-state index is 12.4. The quantitative estimate of drug-likeness (QED) is 0.915. The van der Waals surface area contributed by atoms with Gasteiger partial charge in [-0.15, -0.1) is 0 Å². The van der Waals surface area contributed by atoms with Crippen LogP contribution in [0.15, 0.2) is 36.7 Å². The fourth-order valence-electron chi connectivity index (χ4n) is 2.87. The molecule has 0 radical (unpaired) electrons. The molecule has 1 N–H and O–H groups in total. The van der Waals surface area contributed by atoms with Crippen LogP contribution >= 0.6 is 0 Å². The molecule has 1 aromatic heterocycles. The van der Waals surface area contributed by atoms with E-state index in [2.05, 4.69) is 23.4 Å². The second-order valence-electron chi connectivity index (χ2n) is 5.95. The van der Waals surface area contributed by atoms with Gasteiger partial charge in [0.15, 0.2) is 0 Å². The van der Waals surface area contributed by atoms with Gasteiger partial charge in [0.25, 0.3) is 0 Å². The van der Waals surface area contributed by atoms with Crippen molar-refractivity contribution in [2.45, 2.75) is 32.9 Å². The van der Waals surface area contributed by atoms with Crippen LogP contribution in [0, 0.1) is 6.92 Å². The van der Waals surface area contributed by atoms with Crippen molar-refractivity contribution in [2.75, 3.05) is 18.0 Å². The average Bonchev–Trinajstić information content (AvgIpc) is 3.11. The Morgan fingerprint density at radius 1 is 1.41 bits per heavy atom. The number of benzene rings is 1. The van der Waals surface area contributed by atoms with Crippen molar-refractivity contribution in [3.63, 3.8) is 0 Å². The number of para-hydroxylation sites is 1. The van der Waals surface area contributed by atoms with Crippen LogP contribution in [0.5, 0.6) is 0 Å². The molecule has 0 aliphatic carbocycles. The maximum absolute atomic E-state index is 12.4. The van der Waals surface area contributed by atoms with Crippen molar-refractivity contribution in [1.29, 1.82) is 0 Å². The minimum atomic E-state index is 0.133. The lowest BCUT2D eigenvalue weighted by atomic mass is 10.2. The molecular weight excluding hydrogens is 276 g/mol. The summed E-state index contributed by atoms with van der Waals surface area (Å²) in [5.74, 6) is 0.133. The van der Waals surface area contributed by atoms with E-state index in [1.807, 2.05) is 47.1 Å². The Labute approximate surface area is 130 Å².